The molecule has 5 nitrogen and oxygen atoms in total. The second-order valence-electron chi connectivity index (χ2n) is 7.38. The van der Waals surface area contributed by atoms with Crippen LogP contribution in [-0.4, -0.2) is 26.0 Å². The molecule has 6 heteroatoms. The lowest BCUT2D eigenvalue weighted by Crippen LogP contribution is -2.07. The smallest absolute Gasteiger partial charge is 0.231 e. The van der Waals surface area contributed by atoms with E-state index in [0.717, 1.165) is 41.3 Å². The van der Waals surface area contributed by atoms with Gasteiger partial charge in [-0.25, -0.2) is 8.42 Å². The predicted octanol–water partition coefficient (Wildman–Crippen LogP) is 4.16. The zero-order chi connectivity index (χ0) is 19.3. The highest BCUT2D eigenvalue weighted by molar-refractivity contribution is 7.90. The highest BCUT2D eigenvalue weighted by Gasteiger charge is 2.22. The lowest BCUT2D eigenvalue weighted by Gasteiger charge is -2.18. The first-order chi connectivity index (χ1) is 13.5. The molecule has 0 fully saturated rings. The summed E-state index contributed by atoms with van der Waals surface area (Å²) in [5.41, 5.74) is 5.80. The van der Waals surface area contributed by atoms with Gasteiger partial charge in [0.2, 0.25) is 6.79 Å². The average Bonchev–Trinajstić information content (AvgIpc) is 3.31. The Balaban J connectivity index is 1.67. The minimum absolute atomic E-state index is 0.252. The molecule has 144 valence electrons. The van der Waals surface area contributed by atoms with Crippen molar-refractivity contribution in [2.75, 3.05) is 13.0 Å². The van der Waals surface area contributed by atoms with E-state index in [2.05, 4.69) is 16.7 Å². The van der Waals surface area contributed by atoms with Gasteiger partial charge in [0.1, 0.15) is 0 Å². The molecule has 0 N–H and O–H groups in total. The van der Waals surface area contributed by atoms with Gasteiger partial charge in [-0.2, -0.15) is 0 Å². The molecule has 2 aliphatic rings. The minimum Gasteiger partial charge on any atom is -0.454 e. The molecule has 2 heterocycles. The van der Waals surface area contributed by atoms with Crippen LogP contribution in [0.2, 0.25) is 0 Å². The summed E-state index contributed by atoms with van der Waals surface area (Å²) in [5.74, 6) is 1.53. The number of hydrogen-bond acceptors (Lipinski definition) is 4. The van der Waals surface area contributed by atoms with Crippen LogP contribution < -0.4 is 9.47 Å². The third-order valence-electron chi connectivity index (χ3n) is 5.49. The molecule has 2 aromatic carbocycles. The highest BCUT2D eigenvalue weighted by Crippen LogP contribution is 2.38. The van der Waals surface area contributed by atoms with E-state index < -0.39 is 9.84 Å². The molecular formula is C22H21NO4S. The Morgan fingerprint density at radius 3 is 2.43 bits per heavy atom. The van der Waals surface area contributed by atoms with Crippen molar-refractivity contribution in [3.8, 4) is 28.4 Å². The van der Waals surface area contributed by atoms with E-state index >= 15 is 0 Å². The normalized spacial score (nSPS) is 15.5. The van der Waals surface area contributed by atoms with Crippen LogP contribution in [0.25, 0.3) is 16.9 Å². The third kappa shape index (κ3) is 2.88. The molecule has 0 amide bonds. The number of fused-ring (bicyclic) bond motifs is 2. The summed E-state index contributed by atoms with van der Waals surface area (Å²) in [6, 6.07) is 15.4. The van der Waals surface area contributed by atoms with Gasteiger partial charge >= 0.3 is 0 Å². The number of rotatable bonds is 3. The van der Waals surface area contributed by atoms with Crippen molar-refractivity contribution in [1.82, 2.24) is 4.57 Å². The van der Waals surface area contributed by atoms with Crippen molar-refractivity contribution in [2.24, 2.45) is 0 Å². The first-order valence-electron chi connectivity index (χ1n) is 9.45. The van der Waals surface area contributed by atoms with Gasteiger partial charge in [0.25, 0.3) is 0 Å². The summed E-state index contributed by atoms with van der Waals surface area (Å²) in [6.45, 7) is 0.252. The number of benzene rings is 2. The van der Waals surface area contributed by atoms with Crippen LogP contribution in [0.3, 0.4) is 0 Å². The summed E-state index contributed by atoms with van der Waals surface area (Å²) < 4.78 is 36.9. The Hall–Kier alpha value is -2.73. The molecule has 0 saturated heterocycles. The maximum Gasteiger partial charge on any atom is 0.231 e. The van der Waals surface area contributed by atoms with Gasteiger partial charge in [-0.3, -0.25) is 0 Å². The Labute approximate surface area is 164 Å². The molecule has 0 atom stereocenters. The summed E-state index contributed by atoms with van der Waals surface area (Å²) in [7, 11) is -3.21. The number of aryl methyl sites for hydroxylation is 1. The second kappa shape index (κ2) is 6.41. The first-order valence-corrected chi connectivity index (χ1v) is 11.3. The van der Waals surface area contributed by atoms with E-state index in [1.807, 2.05) is 24.3 Å². The first kappa shape index (κ1) is 17.4. The topological polar surface area (TPSA) is 57.5 Å². The van der Waals surface area contributed by atoms with Crippen molar-refractivity contribution >= 4 is 9.84 Å². The summed E-state index contributed by atoms with van der Waals surface area (Å²) in [6.07, 6.45) is 5.71. The average molecular weight is 395 g/mol. The monoisotopic (exact) mass is 395 g/mol. The maximum atomic E-state index is 11.8. The van der Waals surface area contributed by atoms with E-state index in [9.17, 15) is 8.42 Å². The predicted molar refractivity (Wildman–Crippen MR) is 107 cm³/mol. The molecule has 0 radical (unpaired) electrons. The molecular weight excluding hydrogens is 374 g/mol. The number of nitrogens with zero attached hydrogens (tertiary/aromatic N) is 1. The van der Waals surface area contributed by atoms with Gasteiger partial charge in [0.15, 0.2) is 21.3 Å². The van der Waals surface area contributed by atoms with E-state index in [-0.39, 0.29) is 6.79 Å². The summed E-state index contributed by atoms with van der Waals surface area (Å²) in [4.78, 5) is 0.335. The summed E-state index contributed by atoms with van der Waals surface area (Å²) >= 11 is 0. The fraction of sp³-hybridized carbons (Fsp3) is 0.273. The molecule has 3 aromatic rings. The van der Waals surface area contributed by atoms with Gasteiger partial charge < -0.3 is 14.0 Å². The Kier molecular flexibility index (Phi) is 3.98. The maximum absolute atomic E-state index is 11.8. The van der Waals surface area contributed by atoms with Crippen molar-refractivity contribution in [3.05, 3.63) is 59.8 Å². The number of hydrogen-bond donors (Lipinski definition) is 0. The van der Waals surface area contributed by atoms with Gasteiger partial charge in [-0.15, -0.1) is 0 Å². The van der Waals surface area contributed by atoms with E-state index in [0.29, 0.717) is 4.90 Å². The zero-order valence-corrected chi connectivity index (χ0v) is 16.5. The van der Waals surface area contributed by atoms with Crippen molar-refractivity contribution in [1.29, 1.82) is 0 Å². The minimum atomic E-state index is -3.21. The number of ether oxygens (including phenoxy) is 2. The molecule has 0 bridgehead atoms. The third-order valence-corrected chi connectivity index (χ3v) is 6.62. The van der Waals surface area contributed by atoms with Gasteiger partial charge in [0, 0.05) is 23.7 Å². The Bertz CT molecular complexity index is 1160. The van der Waals surface area contributed by atoms with Crippen LogP contribution in [0.5, 0.6) is 11.5 Å². The lowest BCUT2D eigenvalue weighted by molar-refractivity contribution is 0.174. The van der Waals surface area contributed by atoms with Gasteiger partial charge in [0.05, 0.1) is 10.6 Å². The van der Waals surface area contributed by atoms with Crippen molar-refractivity contribution in [3.63, 3.8) is 0 Å². The molecule has 0 spiro atoms. The van der Waals surface area contributed by atoms with Gasteiger partial charge in [-0.05, 0) is 67.1 Å². The fourth-order valence-corrected chi connectivity index (χ4v) is 4.73. The van der Waals surface area contributed by atoms with Crippen LogP contribution in [0.4, 0.5) is 0 Å². The van der Waals surface area contributed by atoms with Crippen molar-refractivity contribution < 1.29 is 17.9 Å². The van der Waals surface area contributed by atoms with Crippen LogP contribution >= 0.6 is 0 Å². The zero-order valence-electron chi connectivity index (χ0n) is 15.6. The molecule has 1 aromatic heterocycles. The largest absolute Gasteiger partial charge is 0.454 e. The highest BCUT2D eigenvalue weighted by atomic mass is 32.2. The Morgan fingerprint density at radius 2 is 1.64 bits per heavy atom. The molecule has 1 aliphatic carbocycles. The van der Waals surface area contributed by atoms with E-state index in [1.165, 1.54) is 30.4 Å². The molecule has 1 aliphatic heterocycles. The summed E-state index contributed by atoms with van der Waals surface area (Å²) in [5, 5.41) is 0. The second-order valence-corrected chi connectivity index (χ2v) is 9.39. The molecule has 5 rings (SSSR count). The van der Waals surface area contributed by atoms with E-state index in [1.54, 1.807) is 12.1 Å². The number of aromatic nitrogens is 1. The standard InChI is InChI=1S/C22H21NO4S/c1-28(24,25)18-9-6-15(7-10-18)20-12-16-4-2-3-5-19(16)23(20)17-8-11-21-22(13-17)27-14-26-21/h6-13H,2-5,14H2,1H3. The fourth-order valence-electron chi connectivity index (χ4n) is 4.10. The van der Waals surface area contributed by atoms with Crippen LogP contribution in [-0.2, 0) is 22.7 Å². The Morgan fingerprint density at radius 1 is 0.893 bits per heavy atom. The van der Waals surface area contributed by atoms with Crippen LogP contribution in [0, 0.1) is 0 Å². The molecule has 0 unspecified atom stereocenters. The van der Waals surface area contributed by atoms with Crippen LogP contribution in [0.1, 0.15) is 24.1 Å². The van der Waals surface area contributed by atoms with Gasteiger partial charge in [-0.1, -0.05) is 12.1 Å². The quantitative estimate of drug-likeness (QED) is 0.668. The van der Waals surface area contributed by atoms with Crippen LogP contribution in [0.15, 0.2) is 53.4 Å². The number of sulfone groups is 1. The lowest BCUT2D eigenvalue weighted by atomic mass is 9.98. The molecule has 0 saturated carbocycles. The van der Waals surface area contributed by atoms with E-state index in [4.69, 9.17) is 9.47 Å². The SMILES string of the molecule is CS(=O)(=O)c1ccc(-c2cc3c(n2-c2ccc4c(c2)OCO4)CCCC3)cc1. The van der Waals surface area contributed by atoms with Crippen molar-refractivity contribution in [2.45, 2.75) is 30.6 Å². The molecule has 28 heavy (non-hydrogen) atoms.